The van der Waals surface area contributed by atoms with Gasteiger partial charge in [-0.3, -0.25) is 4.79 Å². The van der Waals surface area contributed by atoms with E-state index in [9.17, 15) is 4.79 Å². The summed E-state index contributed by atoms with van der Waals surface area (Å²) in [4.78, 5) is 15.1. The molecule has 30 heavy (non-hydrogen) atoms. The quantitative estimate of drug-likeness (QED) is 0.681. The molecule has 1 amide bonds. The topological polar surface area (TPSA) is 60.0 Å². The number of benzene rings is 1. The Labute approximate surface area is 181 Å². The minimum atomic E-state index is 0.0289. The number of likely N-dealkylation sites (tertiary alicyclic amines) is 1. The normalized spacial score (nSPS) is 22.5. The Morgan fingerprint density at radius 2 is 1.93 bits per heavy atom. The second kappa shape index (κ2) is 10.5. The van der Waals surface area contributed by atoms with Gasteiger partial charge in [0.1, 0.15) is 11.5 Å². The molecule has 0 bridgehead atoms. The van der Waals surface area contributed by atoms with Gasteiger partial charge in [-0.2, -0.15) is 0 Å². The zero-order chi connectivity index (χ0) is 21.6. The third kappa shape index (κ3) is 6.61. The fourth-order valence-electron chi connectivity index (χ4n) is 4.79. The van der Waals surface area contributed by atoms with E-state index in [1.54, 1.807) is 20.3 Å². The lowest BCUT2D eigenvalue weighted by Crippen LogP contribution is -2.42. The molecule has 2 saturated heterocycles. The van der Waals surface area contributed by atoms with Crippen molar-refractivity contribution in [3.63, 3.8) is 0 Å². The number of carbonyl (C=O) groups is 1. The molecular formula is C24H38N2O4. The van der Waals surface area contributed by atoms with Gasteiger partial charge in [-0.05, 0) is 83.0 Å². The molecule has 2 heterocycles. The van der Waals surface area contributed by atoms with Crippen molar-refractivity contribution in [2.24, 2.45) is 11.8 Å². The molecule has 0 saturated carbocycles. The molecule has 0 aliphatic carbocycles. The van der Waals surface area contributed by atoms with Crippen LogP contribution in [0, 0.1) is 11.8 Å². The fourth-order valence-corrected chi connectivity index (χ4v) is 4.79. The average molecular weight is 419 g/mol. The lowest BCUT2D eigenvalue weighted by Gasteiger charge is -2.39. The smallest absolute Gasteiger partial charge is 0.224 e. The first-order valence-corrected chi connectivity index (χ1v) is 11.3. The molecule has 1 N–H and O–H groups in total. The van der Waals surface area contributed by atoms with E-state index < -0.39 is 0 Å². The summed E-state index contributed by atoms with van der Waals surface area (Å²) in [5.41, 5.74) is 0.721. The van der Waals surface area contributed by atoms with Gasteiger partial charge in [-0.1, -0.05) is 0 Å². The van der Waals surface area contributed by atoms with Crippen LogP contribution in [0.5, 0.6) is 11.5 Å². The van der Waals surface area contributed by atoms with Crippen molar-refractivity contribution in [3.05, 3.63) is 18.2 Å². The summed E-state index contributed by atoms with van der Waals surface area (Å²) in [6, 6.07) is 5.43. The molecule has 2 fully saturated rings. The summed E-state index contributed by atoms with van der Waals surface area (Å²) < 4.78 is 16.4. The van der Waals surface area contributed by atoms with Gasteiger partial charge >= 0.3 is 0 Å². The SMILES string of the molecule is COc1ccc(NC(=O)CCC2CCN(CC3CCOC(C)(C)C3)CC2)c(OC)c1. The third-order valence-corrected chi connectivity index (χ3v) is 6.49. The number of methoxy groups -OCH3 is 2. The predicted molar refractivity (Wildman–Crippen MR) is 119 cm³/mol. The Hall–Kier alpha value is -1.79. The maximum Gasteiger partial charge on any atom is 0.224 e. The minimum Gasteiger partial charge on any atom is -0.497 e. The number of hydrogen-bond acceptors (Lipinski definition) is 5. The Morgan fingerprint density at radius 1 is 1.17 bits per heavy atom. The number of nitrogens with zero attached hydrogens (tertiary/aromatic N) is 1. The van der Waals surface area contributed by atoms with E-state index in [2.05, 4.69) is 24.1 Å². The average Bonchev–Trinajstić information content (AvgIpc) is 2.73. The molecule has 0 aromatic heterocycles. The zero-order valence-electron chi connectivity index (χ0n) is 19.0. The van der Waals surface area contributed by atoms with Gasteiger partial charge in [0.05, 0.1) is 25.5 Å². The Morgan fingerprint density at radius 3 is 2.60 bits per heavy atom. The van der Waals surface area contributed by atoms with Crippen LogP contribution in [0.2, 0.25) is 0 Å². The Bertz CT molecular complexity index is 698. The number of piperidine rings is 1. The monoisotopic (exact) mass is 418 g/mol. The van der Waals surface area contributed by atoms with E-state index in [0.717, 1.165) is 38.5 Å². The van der Waals surface area contributed by atoms with Crippen LogP contribution in [0.4, 0.5) is 5.69 Å². The van der Waals surface area contributed by atoms with E-state index in [1.807, 2.05) is 12.1 Å². The molecule has 6 heteroatoms. The second-order valence-corrected chi connectivity index (χ2v) is 9.36. The van der Waals surface area contributed by atoms with E-state index in [0.29, 0.717) is 29.5 Å². The van der Waals surface area contributed by atoms with Crippen molar-refractivity contribution in [2.45, 2.75) is 58.0 Å². The number of carbonyl (C=O) groups excluding carboxylic acids is 1. The van der Waals surface area contributed by atoms with Crippen LogP contribution >= 0.6 is 0 Å². The van der Waals surface area contributed by atoms with E-state index in [-0.39, 0.29) is 11.5 Å². The number of nitrogens with one attached hydrogen (secondary N) is 1. The number of rotatable bonds is 8. The Balaban J connectivity index is 1.38. The van der Waals surface area contributed by atoms with Crippen molar-refractivity contribution < 1.29 is 19.0 Å². The van der Waals surface area contributed by atoms with Crippen molar-refractivity contribution in [3.8, 4) is 11.5 Å². The van der Waals surface area contributed by atoms with Crippen LogP contribution in [0.25, 0.3) is 0 Å². The van der Waals surface area contributed by atoms with Gasteiger partial charge in [-0.25, -0.2) is 0 Å². The van der Waals surface area contributed by atoms with Crippen molar-refractivity contribution in [1.29, 1.82) is 0 Å². The molecule has 168 valence electrons. The van der Waals surface area contributed by atoms with Gasteiger partial charge in [0.15, 0.2) is 0 Å². The van der Waals surface area contributed by atoms with Crippen molar-refractivity contribution >= 4 is 11.6 Å². The lowest BCUT2D eigenvalue weighted by molar-refractivity contribution is -0.116. The molecule has 2 aliphatic rings. The van der Waals surface area contributed by atoms with Crippen LogP contribution in [0.1, 0.15) is 52.4 Å². The molecule has 2 aliphatic heterocycles. The van der Waals surface area contributed by atoms with E-state index >= 15 is 0 Å². The van der Waals surface area contributed by atoms with Gasteiger partial charge in [0, 0.05) is 25.6 Å². The number of ether oxygens (including phenoxy) is 3. The zero-order valence-corrected chi connectivity index (χ0v) is 19.0. The predicted octanol–water partition coefficient (Wildman–Crippen LogP) is 4.34. The summed E-state index contributed by atoms with van der Waals surface area (Å²) in [5.74, 6) is 2.75. The van der Waals surface area contributed by atoms with E-state index in [4.69, 9.17) is 14.2 Å². The first-order valence-electron chi connectivity index (χ1n) is 11.3. The van der Waals surface area contributed by atoms with Crippen LogP contribution in [0.15, 0.2) is 18.2 Å². The molecule has 1 unspecified atom stereocenters. The molecule has 1 atom stereocenters. The first-order chi connectivity index (χ1) is 14.4. The third-order valence-electron chi connectivity index (χ3n) is 6.49. The highest BCUT2D eigenvalue weighted by atomic mass is 16.5. The van der Waals surface area contributed by atoms with Gasteiger partial charge in [0.2, 0.25) is 5.91 Å². The minimum absolute atomic E-state index is 0.0289. The molecule has 3 rings (SSSR count). The Kier molecular flexibility index (Phi) is 8.00. The molecule has 0 spiro atoms. The van der Waals surface area contributed by atoms with Gasteiger partial charge in [0.25, 0.3) is 0 Å². The van der Waals surface area contributed by atoms with Crippen molar-refractivity contribution in [2.75, 3.05) is 45.8 Å². The highest BCUT2D eigenvalue weighted by Crippen LogP contribution is 2.31. The number of hydrogen-bond donors (Lipinski definition) is 1. The first kappa shape index (κ1) is 22.9. The highest BCUT2D eigenvalue weighted by Gasteiger charge is 2.30. The standard InChI is InChI=1S/C24H38N2O4/c1-24(2)16-19(11-14-30-24)17-26-12-9-18(10-13-26)5-8-23(27)25-21-7-6-20(28-3)15-22(21)29-4/h6-7,15,18-19H,5,8-14,16-17H2,1-4H3,(H,25,27). The van der Waals surface area contributed by atoms with Gasteiger partial charge < -0.3 is 24.4 Å². The lowest BCUT2D eigenvalue weighted by atomic mass is 9.86. The van der Waals surface area contributed by atoms with Crippen LogP contribution in [0.3, 0.4) is 0 Å². The number of anilines is 1. The summed E-state index contributed by atoms with van der Waals surface area (Å²) >= 11 is 0. The molecule has 0 radical (unpaired) electrons. The summed E-state index contributed by atoms with van der Waals surface area (Å²) in [7, 11) is 3.21. The summed E-state index contributed by atoms with van der Waals surface area (Å²) in [6.07, 6.45) is 6.20. The van der Waals surface area contributed by atoms with Gasteiger partial charge in [-0.15, -0.1) is 0 Å². The largest absolute Gasteiger partial charge is 0.497 e. The molecule has 1 aromatic rings. The number of amides is 1. The molecule has 1 aromatic carbocycles. The fraction of sp³-hybridized carbons (Fsp3) is 0.708. The maximum atomic E-state index is 12.4. The maximum absolute atomic E-state index is 12.4. The van der Waals surface area contributed by atoms with Crippen LogP contribution in [-0.2, 0) is 9.53 Å². The van der Waals surface area contributed by atoms with Crippen molar-refractivity contribution in [1.82, 2.24) is 4.90 Å². The highest BCUT2D eigenvalue weighted by molar-refractivity contribution is 5.92. The van der Waals surface area contributed by atoms with Crippen LogP contribution < -0.4 is 14.8 Å². The summed E-state index contributed by atoms with van der Waals surface area (Å²) in [6.45, 7) is 8.79. The van der Waals surface area contributed by atoms with E-state index in [1.165, 1.54) is 25.8 Å². The molecular weight excluding hydrogens is 380 g/mol. The summed E-state index contributed by atoms with van der Waals surface area (Å²) in [5, 5.41) is 2.98. The molecule has 6 nitrogen and oxygen atoms in total. The second-order valence-electron chi connectivity index (χ2n) is 9.36. The van der Waals surface area contributed by atoms with Crippen LogP contribution in [-0.4, -0.2) is 56.9 Å².